The van der Waals surface area contributed by atoms with Gasteiger partial charge >= 0.3 is 5.97 Å². The summed E-state index contributed by atoms with van der Waals surface area (Å²) >= 11 is 1.68. The van der Waals surface area contributed by atoms with Gasteiger partial charge in [0.2, 0.25) is 0 Å². The second-order valence-electron chi connectivity index (χ2n) is 5.61. The molecule has 1 aromatic heterocycles. The van der Waals surface area contributed by atoms with Crippen LogP contribution in [0, 0.1) is 13.8 Å². The molecule has 0 saturated carbocycles. The quantitative estimate of drug-likeness (QED) is 0.620. The molecule has 0 radical (unpaired) electrons. The zero-order valence-electron chi connectivity index (χ0n) is 13.7. The van der Waals surface area contributed by atoms with Gasteiger partial charge in [0.25, 0.3) is 0 Å². The van der Waals surface area contributed by atoms with Crippen molar-refractivity contribution in [3.63, 3.8) is 0 Å². The van der Waals surface area contributed by atoms with Crippen LogP contribution in [0.5, 0.6) is 5.75 Å². The van der Waals surface area contributed by atoms with Crippen molar-refractivity contribution in [3.05, 3.63) is 45.4 Å². The van der Waals surface area contributed by atoms with Crippen molar-refractivity contribution in [2.45, 2.75) is 40.3 Å². The third kappa shape index (κ3) is 3.93. The van der Waals surface area contributed by atoms with Crippen LogP contribution in [0.25, 0.3) is 0 Å². The maximum Gasteiger partial charge on any atom is 0.308 e. The summed E-state index contributed by atoms with van der Waals surface area (Å²) in [6.07, 6.45) is 1.84. The maximum atomic E-state index is 11.2. The van der Waals surface area contributed by atoms with Crippen molar-refractivity contribution in [1.29, 1.82) is 0 Å². The minimum absolute atomic E-state index is 0.272. The van der Waals surface area contributed by atoms with Crippen LogP contribution < -0.4 is 4.74 Å². The molecule has 118 valence electrons. The van der Waals surface area contributed by atoms with Gasteiger partial charge in [-0.3, -0.25) is 9.69 Å². The van der Waals surface area contributed by atoms with Gasteiger partial charge in [0, 0.05) is 25.0 Å². The van der Waals surface area contributed by atoms with Gasteiger partial charge in [0.1, 0.15) is 10.8 Å². The number of hydrogen-bond acceptors (Lipinski definition) is 5. The average molecular weight is 318 g/mol. The molecule has 22 heavy (non-hydrogen) atoms. The van der Waals surface area contributed by atoms with Gasteiger partial charge in [0.05, 0.1) is 6.04 Å². The number of carbonyl (C=O) groups excluding carboxylic acids is 1. The summed E-state index contributed by atoms with van der Waals surface area (Å²) < 4.78 is 5.28. The summed E-state index contributed by atoms with van der Waals surface area (Å²) in [6.45, 7) is 8.35. The Hall–Kier alpha value is -1.72. The molecular formula is C17H22N2O2S. The monoisotopic (exact) mass is 318 g/mol. The molecule has 0 N–H and O–H groups in total. The van der Waals surface area contributed by atoms with Crippen LogP contribution in [0.4, 0.5) is 0 Å². The predicted octanol–water partition coefficient (Wildman–Crippen LogP) is 3.88. The summed E-state index contributed by atoms with van der Waals surface area (Å²) in [4.78, 5) is 17.8. The van der Waals surface area contributed by atoms with Gasteiger partial charge in [-0.25, -0.2) is 4.98 Å². The molecular weight excluding hydrogens is 296 g/mol. The van der Waals surface area contributed by atoms with Crippen LogP contribution in [0.15, 0.2) is 23.7 Å². The standard InChI is InChI=1S/C17H22N2O2S/c1-11-8-15(9-12(2)16(11)21-14(4)20)10-19(5)13(3)17-18-6-7-22-17/h6-9,13H,10H2,1-5H3/t13-/m1/s1. The highest BCUT2D eigenvalue weighted by Crippen LogP contribution is 2.27. The van der Waals surface area contributed by atoms with Crippen molar-refractivity contribution in [2.75, 3.05) is 7.05 Å². The lowest BCUT2D eigenvalue weighted by atomic mass is 10.0. The third-order valence-electron chi connectivity index (χ3n) is 3.67. The fourth-order valence-electron chi connectivity index (χ4n) is 2.49. The van der Waals surface area contributed by atoms with Gasteiger partial charge in [-0.05, 0) is 44.5 Å². The highest BCUT2D eigenvalue weighted by atomic mass is 32.1. The molecule has 2 aromatic rings. The van der Waals surface area contributed by atoms with Crippen molar-refractivity contribution >= 4 is 17.3 Å². The van der Waals surface area contributed by atoms with E-state index in [9.17, 15) is 4.79 Å². The molecule has 0 spiro atoms. The lowest BCUT2D eigenvalue weighted by molar-refractivity contribution is -0.131. The van der Waals surface area contributed by atoms with Gasteiger partial charge in [-0.15, -0.1) is 11.3 Å². The average Bonchev–Trinajstić information content (AvgIpc) is 2.95. The molecule has 0 unspecified atom stereocenters. The van der Waals surface area contributed by atoms with E-state index < -0.39 is 0 Å². The van der Waals surface area contributed by atoms with E-state index in [4.69, 9.17) is 4.74 Å². The molecule has 0 aliphatic heterocycles. The van der Waals surface area contributed by atoms with Crippen LogP contribution in [0.1, 0.15) is 41.6 Å². The number of aryl methyl sites for hydroxylation is 2. The second kappa shape index (κ2) is 7.03. The number of esters is 1. The van der Waals surface area contributed by atoms with E-state index in [1.54, 1.807) is 11.3 Å². The Morgan fingerprint density at radius 1 is 1.36 bits per heavy atom. The number of benzene rings is 1. The highest BCUT2D eigenvalue weighted by Gasteiger charge is 2.16. The van der Waals surface area contributed by atoms with E-state index in [2.05, 4.69) is 36.0 Å². The summed E-state index contributed by atoms with van der Waals surface area (Å²) in [7, 11) is 2.09. The maximum absolute atomic E-state index is 11.2. The fraction of sp³-hybridized carbons (Fsp3) is 0.412. The molecule has 2 rings (SSSR count). The Morgan fingerprint density at radius 2 is 2.00 bits per heavy atom. The van der Waals surface area contributed by atoms with E-state index in [1.165, 1.54) is 12.5 Å². The number of hydrogen-bond donors (Lipinski definition) is 0. The van der Waals surface area contributed by atoms with Crippen LogP contribution in [0.2, 0.25) is 0 Å². The van der Waals surface area contributed by atoms with Crippen molar-refractivity contribution in [2.24, 2.45) is 0 Å². The van der Waals surface area contributed by atoms with E-state index in [0.29, 0.717) is 5.75 Å². The van der Waals surface area contributed by atoms with Crippen LogP contribution in [-0.4, -0.2) is 22.9 Å². The van der Waals surface area contributed by atoms with Crippen molar-refractivity contribution in [1.82, 2.24) is 9.88 Å². The van der Waals surface area contributed by atoms with Crippen LogP contribution in [-0.2, 0) is 11.3 Å². The Bertz CT molecular complexity index is 630. The molecule has 1 aromatic carbocycles. The Labute approximate surface area is 135 Å². The van der Waals surface area contributed by atoms with E-state index >= 15 is 0 Å². The van der Waals surface area contributed by atoms with E-state index in [-0.39, 0.29) is 12.0 Å². The van der Waals surface area contributed by atoms with Gasteiger partial charge < -0.3 is 4.74 Å². The number of ether oxygens (including phenoxy) is 1. The summed E-state index contributed by atoms with van der Waals surface area (Å²) in [6, 6.07) is 4.43. The molecule has 0 saturated heterocycles. The molecule has 0 aliphatic rings. The summed E-state index contributed by atoms with van der Waals surface area (Å²) in [5, 5.41) is 3.12. The Morgan fingerprint density at radius 3 is 2.50 bits per heavy atom. The van der Waals surface area contributed by atoms with E-state index in [1.807, 2.05) is 25.4 Å². The fourth-order valence-corrected chi connectivity index (χ4v) is 3.25. The van der Waals surface area contributed by atoms with Crippen molar-refractivity contribution in [3.8, 4) is 5.75 Å². The molecule has 5 heteroatoms. The summed E-state index contributed by atoms with van der Waals surface area (Å²) in [5.41, 5.74) is 3.18. The number of thiazole rings is 1. The molecule has 0 fully saturated rings. The van der Waals surface area contributed by atoms with Gasteiger partial charge in [-0.2, -0.15) is 0 Å². The number of nitrogens with zero attached hydrogens (tertiary/aromatic N) is 2. The SMILES string of the molecule is CC(=O)Oc1c(C)cc(CN(C)[C@H](C)c2nccs2)cc1C. The molecule has 1 heterocycles. The van der Waals surface area contributed by atoms with Crippen molar-refractivity contribution < 1.29 is 9.53 Å². The van der Waals surface area contributed by atoms with E-state index in [0.717, 1.165) is 22.7 Å². The van der Waals surface area contributed by atoms with Crippen LogP contribution >= 0.6 is 11.3 Å². The molecule has 0 aliphatic carbocycles. The molecule has 0 amide bonds. The van der Waals surface area contributed by atoms with Gasteiger partial charge in [-0.1, -0.05) is 12.1 Å². The zero-order valence-corrected chi connectivity index (χ0v) is 14.5. The normalized spacial score (nSPS) is 12.5. The minimum atomic E-state index is -0.284. The number of carbonyl (C=O) groups is 1. The number of rotatable bonds is 5. The first-order valence-electron chi connectivity index (χ1n) is 7.26. The predicted molar refractivity (Wildman–Crippen MR) is 89.2 cm³/mol. The molecule has 1 atom stereocenters. The lowest BCUT2D eigenvalue weighted by Gasteiger charge is -2.23. The largest absolute Gasteiger partial charge is 0.426 e. The highest BCUT2D eigenvalue weighted by molar-refractivity contribution is 7.09. The number of aromatic nitrogens is 1. The van der Waals surface area contributed by atoms with Gasteiger partial charge in [0.15, 0.2) is 0 Å². The first-order chi connectivity index (χ1) is 10.4. The Balaban J connectivity index is 2.15. The Kier molecular flexibility index (Phi) is 5.32. The topological polar surface area (TPSA) is 42.4 Å². The zero-order chi connectivity index (χ0) is 16.3. The molecule has 4 nitrogen and oxygen atoms in total. The summed E-state index contributed by atoms with van der Waals surface area (Å²) in [5.74, 6) is 0.389. The molecule has 0 bridgehead atoms. The first-order valence-corrected chi connectivity index (χ1v) is 8.14. The lowest BCUT2D eigenvalue weighted by Crippen LogP contribution is -2.22. The van der Waals surface area contributed by atoms with Crippen LogP contribution in [0.3, 0.4) is 0 Å². The second-order valence-corrected chi connectivity index (χ2v) is 6.54. The third-order valence-corrected chi connectivity index (χ3v) is 4.61. The minimum Gasteiger partial charge on any atom is -0.426 e. The smallest absolute Gasteiger partial charge is 0.308 e. The first kappa shape index (κ1) is 16.6.